The Hall–Kier alpha value is -3.61. The number of benzene rings is 2. The molecule has 2 aromatic heterocycles. The third-order valence-corrected chi connectivity index (χ3v) is 4.98. The highest BCUT2D eigenvalue weighted by molar-refractivity contribution is 6.17. The van der Waals surface area contributed by atoms with Crippen molar-refractivity contribution in [3.63, 3.8) is 0 Å². The zero-order chi connectivity index (χ0) is 21.8. The molecule has 154 valence electrons. The van der Waals surface area contributed by atoms with Crippen LogP contribution in [0, 0.1) is 12.3 Å². The van der Waals surface area contributed by atoms with Gasteiger partial charge in [0.25, 0.3) is 0 Å². The molecule has 4 aromatic rings. The molecule has 0 atom stereocenters. The van der Waals surface area contributed by atoms with Gasteiger partial charge in [-0.3, -0.25) is 9.59 Å². The molecule has 0 spiro atoms. The summed E-state index contributed by atoms with van der Waals surface area (Å²) in [5.41, 5.74) is 0.0121. The average molecular weight is 407 g/mol. The lowest BCUT2D eigenvalue weighted by atomic mass is 9.97. The van der Waals surface area contributed by atoms with Crippen LogP contribution in [0.1, 0.15) is 26.3 Å². The van der Waals surface area contributed by atoms with Crippen molar-refractivity contribution in [2.75, 3.05) is 7.11 Å². The van der Waals surface area contributed by atoms with Crippen LogP contribution in [0.5, 0.6) is 11.5 Å². The maximum Gasteiger partial charge on any atom is 0.344 e. The van der Waals surface area contributed by atoms with Gasteiger partial charge in [-0.25, -0.2) is 4.79 Å². The number of H-pyrrole nitrogens is 1. The molecule has 2 heterocycles. The maximum atomic E-state index is 12.9. The largest absolute Gasteiger partial charge is 0.492 e. The predicted molar refractivity (Wildman–Crippen MR) is 114 cm³/mol. The van der Waals surface area contributed by atoms with Crippen LogP contribution in [0.2, 0.25) is 0 Å². The molecule has 7 heteroatoms. The number of hydrogen-bond donors (Lipinski definition) is 1. The van der Waals surface area contributed by atoms with Crippen molar-refractivity contribution in [2.24, 2.45) is 5.41 Å². The van der Waals surface area contributed by atoms with Crippen LogP contribution in [0.3, 0.4) is 0 Å². The van der Waals surface area contributed by atoms with Gasteiger partial charge >= 0.3 is 11.6 Å². The number of fused-ring (bicyclic) bond motifs is 5. The molecule has 0 amide bonds. The Balaban J connectivity index is 2.13. The van der Waals surface area contributed by atoms with Crippen LogP contribution in [0.25, 0.3) is 32.6 Å². The Morgan fingerprint density at radius 1 is 1.03 bits per heavy atom. The minimum atomic E-state index is -0.704. The van der Waals surface area contributed by atoms with Crippen LogP contribution in [-0.2, 0) is 4.79 Å². The van der Waals surface area contributed by atoms with Crippen molar-refractivity contribution in [3.05, 3.63) is 56.7 Å². The predicted octanol–water partition coefficient (Wildman–Crippen LogP) is 4.06. The molecule has 0 aliphatic rings. The Bertz CT molecular complexity index is 1450. The van der Waals surface area contributed by atoms with E-state index in [1.807, 2.05) is 0 Å². The highest BCUT2D eigenvalue weighted by Crippen LogP contribution is 2.41. The van der Waals surface area contributed by atoms with E-state index in [2.05, 4.69) is 4.98 Å². The Labute approximate surface area is 171 Å². The summed E-state index contributed by atoms with van der Waals surface area (Å²) < 4.78 is 16.7. The zero-order valence-corrected chi connectivity index (χ0v) is 17.3. The SMILES string of the molecule is COc1c(OC(=O)C(C)(C)C)ccc2oc(=O)c3c(ccc4[nH]c(=O)cc(C)c43)c12. The fourth-order valence-corrected chi connectivity index (χ4v) is 3.55. The number of esters is 1. The Kier molecular flexibility index (Phi) is 4.42. The number of aromatic nitrogens is 1. The lowest BCUT2D eigenvalue weighted by molar-refractivity contribution is -0.143. The molecule has 7 nitrogen and oxygen atoms in total. The highest BCUT2D eigenvalue weighted by Gasteiger charge is 2.26. The van der Waals surface area contributed by atoms with Gasteiger partial charge in [0.15, 0.2) is 11.5 Å². The fraction of sp³-hybridized carbons (Fsp3) is 0.261. The first-order chi connectivity index (χ1) is 14.1. The number of methoxy groups -OCH3 is 1. The molecular formula is C23H21NO6. The van der Waals surface area contributed by atoms with E-state index in [9.17, 15) is 14.4 Å². The quantitative estimate of drug-likeness (QED) is 0.233. The van der Waals surface area contributed by atoms with E-state index in [0.717, 1.165) is 0 Å². The van der Waals surface area contributed by atoms with E-state index in [1.54, 1.807) is 52.0 Å². The number of rotatable bonds is 2. The monoisotopic (exact) mass is 407 g/mol. The van der Waals surface area contributed by atoms with Crippen molar-refractivity contribution in [1.82, 2.24) is 4.98 Å². The number of hydrogen-bond acceptors (Lipinski definition) is 6. The van der Waals surface area contributed by atoms with Crippen molar-refractivity contribution in [3.8, 4) is 11.5 Å². The third-order valence-electron chi connectivity index (χ3n) is 4.98. The van der Waals surface area contributed by atoms with E-state index in [4.69, 9.17) is 13.9 Å². The van der Waals surface area contributed by atoms with Gasteiger partial charge in [-0.2, -0.15) is 0 Å². The smallest absolute Gasteiger partial charge is 0.344 e. The van der Waals surface area contributed by atoms with Gasteiger partial charge in [0.2, 0.25) is 5.56 Å². The summed E-state index contributed by atoms with van der Waals surface area (Å²) >= 11 is 0. The first-order valence-electron chi connectivity index (χ1n) is 9.44. The average Bonchev–Trinajstić information content (AvgIpc) is 2.66. The number of pyridine rings is 1. The van der Waals surface area contributed by atoms with Gasteiger partial charge in [0.05, 0.1) is 23.3 Å². The lowest BCUT2D eigenvalue weighted by Gasteiger charge is -2.18. The minimum Gasteiger partial charge on any atom is -0.492 e. The van der Waals surface area contributed by atoms with E-state index in [-0.39, 0.29) is 11.3 Å². The summed E-state index contributed by atoms with van der Waals surface area (Å²) in [7, 11) is 1.46. The highest BCUT2D eigenvalue weighted by atomic mass is 16.6. The summed E-state index contributed by atoms with van der Waals surface area (Å²) in [6.45, 7) is 7.03. The van der Waals surface area contributed by atoms with Crippen molar-refractivity contribution in [2.45, 2.75) is 27.7 Å². The second-order valence-corrected chi connectivity index (χ2v) is 8.23. The van der Waals surface area contributed by atoms with E-state index >= 15 is 0 Å². The van der Waals surface area contributed by atoms with Crippen LogP contribution in [-0.4, -0.2) is 18.1 Å². The number of aryl methyl sites for hydroxylation is 1. The van der Waals surface area contributed by atoms with Crippen molar-refractivity contribution >= 4 is 38.6 Å². The second-order valence-electron chi connectivity index (χ2n) is 8.23. The number of carbonyl (C=O) groups excluding carboxylic acids is 1. The topological polar surface area (TPSA) is 98.6 Å². The molecule has 0 fully saturated rings. The first kappa shape index (κ1) is 19.7. The number of aromatic amines is 1. The van der Waals surface area contributed by atoms with E-state index in [0.29, 0.717) is 44.0 Å². The summed E-state index contributed by atoms with van der Waals surface area (Å²) in [5, 5.41) is 2.02. The molecule has 0 unspecified atom stereocenters. The molecule has 2 aromatic carbocycles. The zero-order valence-electron chi connectivity index (χ0n) is 17.3. The van der Waals surface area contributed by atoms with Crippen LogP contribution in [0.15, 0.2) is 44.3 Å². The molecule has 1 N–H and O–H groups in total. The molecule has 0 saturated heterocycles. The maximum absolute atomic E-state index is 12.9. The van der Waals surface area contributed by atoms with Gasteiger partial charge in [-0.15, -0.1) is 0 Å². The fourth-order valence-electron chi connectivity index (χ4n) is 3.55. The molecule has 30 heavy (non-hydrogen) atoms. The molecule has 0 saturated carbocycles. The summed E-state index contributed by atoms with van der Waals surface area (Å²) in [6, 6.07) is 8.02. The molecule has 0 radical (unpaired) electrons. The van der Waals surface area contributed by atoms with Crippen LogP contribution >= 0.6 is 0 Å². The van der Waals surface area contributed by atoms with E-state index < -0.39 is 17.0 Å². The molecular weight excluding hydrogens is 386 g/mol. The molecule has 0 aliphatic carbocycles. The molecule has 0 bridgehead atoms. The lowest BCUT2D eigenvalue weighted by Crippen LogP contribution is -2.25. The number of carbonyl (C=O) groups is 1. The first-order valence-corrected chi connectivity index (χ1v) is 9.44. The Morgan fingerprint density at radius 3 is 2.43 bits per heavy atom. The minimum absolute atomic E-state index is 0.235. The third kappa shape index (κ3) is 3.03. The van der Waals surface area contributed by atoms with Crippen LogP contribution < -0.4 is 20.7 Å². The second kappa shape index (κ2) is 6.73. The van der Waals surface area contributed by atoms with Crippen LogP contribution in [0.4, 0.5) is 0 Å². The van der Waals surface area contributed by atoms with Crippen molar-refractivity contribution < 1.29 is 18.7 Å². The van der Waals surface area contributed by atoms with Gasteiger partial charge in [-0.05, 0) is 51.5 Å². The normalized spacial score (nSPS) is 11.9. The van der Waals surface area contributed by atoms with Gasteiger partial charge < -0.3 is 18.9 Å². The van der Waals surface area contributed by atoms with Gasteiger partial charge in [0.1, 0.15) is 5.58 Å². The molecule has 0 aliphatic heterocycles. The number of ether oxygens (including phenoxy) is 2. The molecule has 4 rings (SSSR count). The summed E-state index contributed by atoms with van der Waals surface area (Å²) in [6.07, 6.45) is 0. The standard InChI is InChI=1S/C23H21NO6/c1-11-10-16(25)24-13-7-6-12-18-14(29-21(26)19(12)17(11)13)8-9-15(20(18)28-5)30-22(27)23(2,3)4/h6-10H,1-5H3,(H,24,25). The summed E-state index contributed by atoms with van der Waals surface area (Å²) in [4.78, 5) is 39.9. The Morgan fingerprint density at radius 2 is 1.77 bits per heavy atom. The van der Waals surface area contributed by atoms with Gasteiger partial charge in [0, 0.05) is 22.4 Å². The number of nitrogens with one attached hydrogen (secondary N) is 1. The van der Waals surface area contributed by atoms with Crippen molar-refractivity contribution in [1.29, 1.82) is 0 Å². The van der Waals surface area contributed by atoms with E-state index in [1.165, 1.54) is 13.2 Å². The summed E-state index contributed by atoms with van der Waals surface area (Å²) in [5.74, 6) is 0.111. The van der Waals surface area contributed by atoms with Gasteiger partial charge in [-0.1, -0.05) is 6.07 Å².